The number of halogens is 1. The number of aryl methyl sites for hydroxylation is 3. The highest BCUT2D eigenvalue weighted by atomic mass is 35.5. The quantitative estimate of drug-likeness (QED) is 0.0582. The van der Waals surface area contributed by atoms with Gasteiger partial charge in [0.15, 0.2) is 5.82 Å². The predicted octanol–water partition coefficient (Wildman–Crippen LogP) is 5.96. The maximum absolute atomic E-state index is 13.1. The molecule has 7 rings (SSSR count). The molecule has 3 aromatic heterocycles. The average Bonchev–Trinajstić information content (AvgIpc) is 4.00. The van der Waals surface area contributed by atoms with Crippen molar-refractivity contribution in [2.24, 2.45) is 4.99 Å². The zero-order valence-electron chi connectivity index (χ0n) is 36.0. The second kappa shape index (κ2) is 21.8. The van der Waals surface area contributed by atoms with E-state index in [2.05, 4.69) is 42.0 Å². The normalized spacial score (nSPS) is 13.4. The van der Waals surface area contributed by atoms with E-state index >= 15 is 0 Å². The molecule has 1 aliphatic rings. The highest BCUT2D eigenvalue weighted by Gasteiger charge is 2.31. The first-order chi connectivity index (χ1) is 31.4. The van der Waals surface area contributed by atoms with Crippen LogP contribution in [0.15, 0.2) is 82.1 Å². The van der Waals surface area contributed by atoms with E-state index in [1.165, 1.54) is 24.3 Å². The molecular formula is C45H48ClN9O8S2. The highest BCUT2D eigenvalue weighted by molar-refractivity contribution is 7.92. The smallest absolute Gasteiger partial charge is 0.261 e. The van der Waals surface area contributed by atoms with Gasteiger partial charge in [-0.1, -0.05) is 29.8 Å². The lowest BCUT2D eigenvalue weighted by atomic mass is 10.0. The number of nitriles is 1. The Hall–Kier alpha value is -5.98. The molecule has 20 heteroatoms. The van der Waals surface area contributed by atoms with Crippen LogP contribution in [0, 0.1) is 32.1 Å². The van der Waals surface area contributed by atoms with Crippen LogP contribution in [0.4, 0.5) is 5.69 Å². The molecule has 0 saturated carbocycles. The van der Waals surface area contributed by atoms with Gasteiger partial charge in [0.2, 0.25) is 5.91 Å². The Morgan fingerprint density at radius 2 is 1.49 bits per heavy atom. The molecule has 17 nitrogen and oxygen atoms in total. The number of benzene rings is 3. The van der Waals surface area contributed by atoms with Crippen LogP contribution < -0.4 is 15.4 Å². The van der Waals surface area contributed by atoms with E-state index in [-0.39, 0.29) is 36.3 Å². The number of rotatable bonds is 22. The average molecular weight is 943 g/mol. The van der Waals surface area contributed by atoms with Crippen LogP contribution in [0.1, 0.15) is 62.3 Å². The first-order valence-corrected chi connectivity index (χ1v) is 23.5. The van der Waals surface area contributed by atoms with Gasteiger partial charge in [-0.05, 0) is 79.7 Å². The molecule has 0 radical (unpaired) electrons. The minimum atomic E-state index is -3.98. The molecule has 4 N–H and O–H groups in total. The molecule has 65 heavy (non-hydrogen) atoms. The summed E-state index contributed by atoms with van der Waals surface area (Å²) >= 11 is 7.78. The number of sulfonamides is 1. The third-order valence-corrected chi connectivity index (χ3v) is 13.1. The van der Waals surface area contributed by atoms with Gasteiger partial charge in [0.05, 0.1) is 86.7 Å². The molecule has 6 aromatic rings. The van der Waals surface area contributed by atoms with Gasteiger partial charge in [0.1, 0.15) is 22.9 Å². The molecule has 0 bridgehead atoms. The van der Waals surface area contributed by atoms with Crippen LogP contribution in [-0.2, 0) is 33.8 Å². The van der Waals surface area contributed by atoms with Crippen molar-refractivity contribution in [1.82, 2.24) is 30.4 Å². The number of hydrogen-bond acceptors (Lipinski definition) is 13. The van der Waals surface area contributed by atoms with Gasteiger partial charge >= 0.3 is 0 Å². The first kappa shape index (κ1) is 47.0. The molecule has 1 aliphatic heterocycles. The summed E-state index contributed by atoms with van der Waals surface area (Å²) in [5, 5.41) is 28.2. The number of hydrogen-bond donors (Lipinski definition) is 4. The standard InChI is InChI=1S/C45H48ClN9O8S2/c1-28-4-13-36(42-39(28)33(25-47)26-50-42)54-65(58,59)35-11-7-32(8-12-35)44(57)49-15-17-61-19-21-63-23-22-62-20-18-60-16-14-48-38(56)24-37-43-53-52-30(3)55(43)45-40(29(2)27-64-45)41(51-37)31-5-9-34(46)10-6-31/h4-13,26-27,37,50,54H,14-24H2,1-3H3,(H,48,56)(H,49,57)/t37-/m0/s1. The predicted molar refractivity (Wildman–Crippen MR) is 247 cm³/mol. The fourth-order valence-corrected chi connectivity index (χ4v) is 9.47. The number of aromatic nitrogens is 4. The Kier molecular flexibility index (Phi) is 15.8. The molecule has 0 saturated heterocycles. The molecule has 0 aliphatic carbocycles. The first-order valence-electron chi connectivity index (χ1n) is 20.8. The van der Waals surface area contributed by atoms with Crippen LogP contribution in [-0.4, -0.2) is 112 Å². The van der Waals surface area contributed by atoms with Crippen molar-refractivity contribution in [2.45, 2.75) is 38.1 Å². The van der Waals surface area contributed by atoms with Gasteiger partial charge < -0.3 is 34.6 Å². The summed E-state index contributed by atoms with van der Waals surface area (Å²) < 4.78 is 53.1. The lowest BCUT2D eigenvalue weighted by molar-refractivity contribution is -0.121. The van der Waals surface area contributed by atoms with Crippen LogP contribution >= 0.6 is 22.9 Å². The largest absolute Gasteiger partial charge is 0.377 e. The summed E-state index contributed by atoms with van der Waals surface area (Å²) in [6.45, 7) is 9.04. The summed E-state index contributed by atoms with van der Waals surface area (Å²) in [7, 11) is -3.98. The molecule has 1 atom stereocenters. The van der Waals surface area contributed by atoms with Gasteiger partial charge in [-0.2, -0.15) is 5.26 Å². The van der Waals surface area contributed by atoms with Gasteiger partial charge in [0.25, 0.3) is 15.9 Å². The van der Waals surface area contributed by atoms with Crippen molar-refractivity contribution in [3.8, 4) is 11.1 Å². The number of thiophene rings is 1. The van der Waals surface area contributed by atoms with Crippen LogP contribution in [0.3, 0.4) is 0 Å². The molecular weight excluding hydrogens is 894 g/mol. The second-order valence-corrected chi connectivity index (χ2v) is 17.9. The molecule has 340 valence electrons. The minimum Gasteiger partial charge on any atom is -0.377 e. The number of nitrogens with one attached hydrogen (secondary N) is 4. The maximum atomic E-state index is 13.1. The molecule has 2 amide bonds. The van der Waals surface area contributed by atoms with Crippen molar-refractivity contribution < 1.29 is 37.0 Å². The fraction of sp³-hybridized carbons (Fsp3) is 0.333. The number of amides is 2. The van der Waals surface area contributed by atoms with Crippen LogP contribution in [0.2, 0.25) is 5.02 Å². The fourth-order valence-electron chi connectivity index (χ4n) is 7.16. The number of aromatic amines is 1. The Bertz CT molecular complexity index is 2820. The number of nitrogens with zero attached hydrogens (tertiary/aromatic N) is 5. The summed E-state index contributed by atoms with van der Waals surface area (Å²) in [6.07, 6.45) is 1.63. The van der Waals surface area contributed by atoms with E-state index in [9.17, 15) is 23.3 Å². The third-order valence-electron chi connectivity index (χ3n) is 10.4. The Morgan fingerprint density at radius 1 is 0.846 bits per heavy atom. The van der Waals surface area contributed by atoms with Crippen molar-refractivity contribution in [2.75, 3.05) is 70.7 Å². The Morgan fingerprint density at radius 3 is 2.15 bits per heavy atom. The number of anilines is 1. The van der Waals surface area contributed by atoms with E-state index in [0.717, 1.165) is 38.8 Å². The minimum absolute atomic E-state index is 0.0192. The van der Waals surface area contributed by atoms with Gasteiger partial charge in [-0.3, -0.25) is 23.9 Å². The summed E-state index contributed by atoms with van der Waals surface area (Å²) in [4.78, 5) is 33.8. The number of carbonyl (C=O) groups is 2. The van der Waals surface area contributed by atoms with E-state index in [4.69, 9.17) is 35.5 Å². The Balaban J connectivity index is 0.722. The van der Waals surface area contributed by atoms with Crippen molar-refractivity contribution in [1.29, 1.82) is 5.26 Å². The van der Waals surface area contributed by atoms with Gasteiger partial charge in [-0.25, -0.2) is 8.42 Å². The lowest BCUT2D eigenvalue weighted by Crippen LogP contribution is -2.29. The van der Waals surface area contributed by atoms with Crippen molar-refractivity contribution >= 4 is 67.1 Å². The van der Waals surface area contributed by atoms with Crippen molar-refractivity contribution in [3.05, 3.63) is 122 Å². The Labute approximate surface area is 385 Å². The summed E-state index contributed by atoms with van der Waals surface area (Å²) in [5.41, 5.74) is 6.13. The molecule has 0 spiro atoms. The zero-order valence-corrected chi connectivity index (χ0v) is 38.4. The maximum Gasteiger partial charge on any atom is 0.261 e. The number of carbonyl (C=O) groups excluding carboxylic acids is 2. The van der Waals surface area contributed by atoms with Crippen molar-refractivity contribution in [3.63, 3.8) is 0 Å². The van der Waals surface area contributed by atoms with E-state index in [1.54, 1.807) is 29.7 Å². The lowest BCUT2D eigenvalue weighted by Gasteiger charge is -2.13. The second-order valence-electron chi connectivity index (χ2n) is 14.9. The summed E-state index contributed by atoms with van der Waals surface area (Å²) in [5.74, 6) is 0.780. The van der Waals surface area contributed by atoms with E-state index < -0.39 is 16.1 Å². The highest BCUT2D eigenvalue weighted by Crippen LogP contribution is 2.37. The number of fused-ring (bicyclic) bond motifs is 4. The SMILES string of the molecule is Cc1csc2c1C(c1ccc(Cl)cc1)=N[C@@H](CC(=O)NCCOCCOCCOCCOCCNC(=O)c1ccc(S(=O)(=O)Nc3ccc(C)c4c(C#N)c[nH]c34)cc1)c1nnc(C)n1-2. The van der Waals surface area contributed by atoms with E-state index in [1.807, 2.05) is 49.6 Å². The van der Waals surface area contributed by atoms with Gasteiger partial charge in [-0.15, -0.1) is 21.5 Å². The monoisotopic (exact) mass is 941 g/mol. The molecule has 4 heterocycles. The zero-order chi connectivity index (χ0) is 45.9. The molecule has 3 aromatic carbocycles. The number of ether oxygens (including phenoxy) is 4. The van der Waals surface area contributed by atoms with E-state index in [0.29, 0.717) is 91.4 Å². The molecule has 0 fully saturated rings. The van der Waals surface area contributed by atoms with Crippen LogP contribution in [0.5, 0.6) is 0 Å². The van der Waals surface area contributed by atoms with Crippen LogP contribution in [0.25, 0.3) is 15.9 Å². The topological polar surface area (TPSA) is 224 Å². The molecule has 0 unspecified atom stereocenters. The third kappa shape index (κ3) is 11.5. The number of aliphatic imine (C=N–C) groups is 1. The van der Waals surface area contributed by atoms with Gasteiger partial charge in [0, 0.05) is 46.4 Å². The number of H-pyrrole nitrogens is 1. The summed E-state index contributed by atoms with van der Waals surface area (Å²) in [6, 6.07) is 18.0.